The number of nitrogens with one attached hydrogen (secondary N) is 1. The molecule has 0 spiro atoms. The lowest BCUT2D eigenvalue weighted by Gasteiger charge is -2.18. The van der Waals surface area contributed by atoms with Crippen molar-refractivity contribution in [3.8, 4) is 0 Å². The zero-order valence-electron chi connectivity index (χ0n) is 41.6. The third-order valence-corrected chi connectivity index (χ3v) is 10.9. The fourth-order valence-electron chi connectivity index (χ4n) is 6.11. The van der Waals surface area contributed by atoms with Gasteiger partial charge in [-0.2, -0.15) is 0 Å². The van der Waals surface area contributed by atoms with Gasteiger partial charge in [-0.1, -0.05) is 180 Å². The minimum atomic E-state index is -4.79. The standard InChI is InChI=1S/C56H88NO10P/c1-3-5-7-9-11-13-15-17-19-21-23-25-26-28-29-31-33-35-37-39-41-43-45-47-54(59)57-53(56(61)62)51-67-68(63,64)66-50-52(58)49-65-55(60)48-46-44-42-40-38-36-34-32-30-27-24-22-20-18-16-14-12-10-8-6-4-2/h5-8,11-14,17-20,23-25,27-29,32-35,52-53,58H,3-4,9-10,15-16,21-22,26,30-31,36-51H2,1-2H3,(H,57,59)(H,61,62)(H,63,64)/b7-5-,8-6-,13-11-,14-12-,19-17-,20-18-,25-23-,27-24-,29-28-,34-32-,35-33-. The van der Waals surface area contributed by atoms with E-state index in [2.05, 4.69) is 153 Å². The van der Waals surface area contributed by atoms with Crippen LogP contribution in [0.25, 0.3) is 0 Å². The van der Waals surface area contributed by atoms with Crippen molar-refractivity contribution in [2.75, 3.05) is 19.8 Å². The highest BCUT2D eigenvalue weighted by atomic mass is 31.2. The highest BCUT2D eigenvalue weighted by Crippen LogP contribution is 2.43. The number of hydrogen-bond acceptors (Lipinski definition) is 8. The monoisotopic (exact) mass is 966 g/mol. The summed E-state index contributed by atoms with van der Waals surface area (Å²) in [5, 5.41) is 21.9. The summed E-state index contributed by atoms with van der Waals surface area (Å²) in [4.78, 5) is 46.1. The predicted molar refractivity (Wildman–Crippen MR) is 281 cm³/mol. The van der Waals surface area contributed by atoms with Crippen molar-refractivity contribution in [1.82, 2.24) is 5.32 Å². The van der Waals surface area contributed by atoms with Gasteiger partial charge in [0.2, 0.25) is 5.91 Å². The topological polar surface area (TPSA) is 169 Å². The summed E-state index contributed by atoms with van der Waals surface area (Å²) in [7, 11) is -4.79. The Bertz CT molecular complexity index is 1650. The van der Waals surface area contributed by atoms with Crippen molar-refractivity contribution in [3.63, 3.8) is 0 Å². The molecule has 4 N–H and O–H groups in total. The Hall–Kier alpha value is -4.38. The molecule has 0 heterocycles. The second kappa shape index (κ2) is 49.1. The van der Waals surface area contributed by atoms with Crippen molar-refractivity contribution in [3.05, 3.63) is 134 Å². The van der Waals surface area contributed by atoms with Gasteiger partial charge in [-0.25, -0.2) is 9.36 Å². The summed E-state index contributed by atoms with van der Waals surface area (Å²) in [6, 6.07) is -1.57. The maximum absolute atomic E-state index is 12.4. The average Bonchev–Trinajstić information content (AvgIpc) is 3.32. The Morgan fingerprint density at radius 1 is 0.471 bits per heavy atom. The first-order valence-corrected chi connectivity index (χ1v) is 26.7. The number of carboxylic acid groups (broad SMARTS) is 1. The molecule has 0 aliphatic carbocycles. The van der Waals surface area contributed by atoms with E-state index in [4.69, 9.17) is 13.8 Å². The predicted octanol–water partition coefficient (Wildman–Crippen LogP) is 14.1. The first-order chi connectivity index (χ1) is 33.1. The summed E-state index contributed by atoms with van der Waals surface area (Å²) in [6.45, 7) is 2.32. The van der Waals surface area contributed by atoms with Gasteiger partial charge in [0.05, 0.1) is 13.2 Å². The number of phosphoric ester groups is 1. The Morgan fingerprint density at radius 3 is 1.21 bits per heavy atom. The quantitative estimate of drug-likeness (QED) is 0.0199. The largest absolute Gasteiger partial charge is 0.480 e. The fourth-order valence-corrected chi connectivity index (χ4v) is 6.88. The van der Waals surface area contributed by atoms with Crippen LogP contribution in [0.1, 0.15) is 168 Å². The molecule has 0 aliphatic heterocycles. The number of aliphatic hydroxyl groups excluding tert-OH is 1. The van der Waals surface area contributed by atoms with Gasteiger partial charge in [0, 0.05) is 12.8 Å². The minimum Gasteiger partial charge on any atom is -0.480 e. The zero-order chi connectivity index (χ0) is 49.9. The Balaban J connectivity index is 3.96. The average molecular weight is 966 g/mol. The lowest BCUT2D eigenvalue weighted by molar-refractivity contribution is -0.147. The van der Waals surface area contributed by atoms with Crippen LogP contribution in [-0.2, 0) is 32.7 Å². The Morgan fingerprint density at radius 2 is 0.809 bits per heavy atom. The van der Waals surface area contributed by atoms with Gasteiger partial charge in [0.15, 0.2) is 6.04 Å². The molecular formula is C56H88NO10P. The van der Waals surface area contributed by atoms with Crippen molar-refractivity contribution in [1.29, 1.82) is 0 Å². The molecule has 1 amide bonds. The summed E-state index contributed by atoms with van der Waals surface area (Å²) >= 11 is 0. The summed E-state index contributed by atoms with van der Waals surface area (Å²) in [6.07, 6.45) is 67.5. The molecule has 382 valence electrons. The SMILES string of the molecule is CC/C=C\C/C=C\C/C=C\C/C=C\C/C=C\C/C=C\CCCCCCC(=O)NC(COP(=O)(O)OCC(O)COC(=O)CCCCCCC/C=C\C/C=C\C/C=C\C/C=C\C/C=C\CC)C(=O)O. The molecule has 0 bridgehead atoms. The van der Waals surface area contributed by atoms with Crippen LogP contribution in [0, 0.1) is 0 Å². The molecule has 0 fully saturated rings. The van der Waals surface area contributed by atoms with Crippen LogP contribution in [0.3, 0.4) is 0 Å². The van der Waals surface area contributed by atoms with Crippen LogP contribution >= 0.6 is 7.82 Å². The third kappa shape index (κ3) is 48.1. The van der Waals surface area contributed by atoms with Gasteiger partial charge in [0.25, 0.3) is 0 Å². The first kappa shape index (κ1) is 63.6. The first-order valence-electron chi connectivity index (χ1n) is 25.2. The number of esters is 1. The van der Waals surface area contributed by atoms with Gasteiger partial charge < -0.3 is 25.2 Å². The van der Waals surface area contributed by atoms with E-state index in [-0.39, 0.29) is 12.8 Å². The molecule has 0 rings (SSSR count). The smallest absolute Gasteiger partial charge is 0.472 e. The highest BCUT2D eigenvalue weighted by Gasteiger charge is 2.28. The van der Waals surface area contributed by atoms with E-state index in [0.29, 0.717) is 12.8 Å². The number of aliphatic hydroxyl groups is 1. The van der Waals surface area contributed by atoms with E-state index >= 15 is 0 Å². The number of carbonyl (C=O) groups is 3. The van der Waals surface area contributed by atoms with E-state index in [1.807, 2.05) is 0 Å². The summed E-state index contributed by atoms with van der Waals surface area (Å²) < 4.78 is 26.9. The highest BCUT2D eigenvalue weighted by molar-refractivity contribution is 7.47. The number of unbranched alkanes of at least 4 members (excludes halogenated alkanes) is 9. The molecular weight excluding hydrogens is 878 g/mol. The van der Waals surface area contributed by atoms with Gasteiger partial charge in [-0.3, -0.25) is 18.6 Å². The Kier molecular flexibility index (Phi) is 45.9. The van der Waals surface area contributed by atoms with Crippen LogP contribution in [0.15, 0.2) is 134 Å². The second-order valence-electron chi connectivity index (χ2n) is 16.2. The fraction of sp³-hybridized carbons (Fsp3) is 0.554. The summed E-state index contributed by atoms with van der Waals surface area (Å²) in [5.74, 6) is -2.45. The molecule has 0 aromatic heterocycles. The molecule has 3 atom stereocenters. The van der Waals surface area contributed by atoms with Gasteiger partial charge in [-0.15, -0.1) is 0 Å². The van der Waals surface area contributed by atoms with E-state index in [1.165, 1.54) is 0 Å². The zero-order valence-corrected chi connectivity index (χ0v) is 42.5. The van der Waals surface area contributed by atoms with Crippen LogP contribution in [0.5, 0.6) is 0 Å². The van der Waals surface area contributed by atoms with Crippen LogP contribution in [0.4, 0.5) is 0 Å². The van der Waals surface area contributed by atoms with Crippen LogP contribution in [-0.4, -0.2) is 64.9 Å². The molecule has 11 nitrogen and oxygen atoms in total. The maximum Gasteiger partial charge on any atom is 0.472 e. The molecule has 0 saturated heterocycles. The molecule has 0 aliphatic rings. The van der Waals surface area contributed by atoms with Crippen molar-refractivity contribution >= 4 is 25.7 Å². The van der Waals surface area contributed by atoms with Crippen LogP contribution < -0.4 is 5.32 Å². The number of phosphoric acid groups is 1. The lowest BCUT2D eigenvalue weighted by Crippen LogP contribution is -2.43. The number of ether oxygens (including phenoxy) is 1. The van der Waals surface area contributed by atoms with Gasteiger partial charge >= 0.3 is 19.8 Å². The van der Waals surface area contributed by atoms with Gasteiger partial charge in [-0.05, 0) is 109 Å². The molecule has 0 aromatic rings. The number of carbonyl (C=O) groups excluding carboxylic acids is 2. The number of aliphatic carboxylic acids is 1. The molecule has 0 radical (unpaired) electrons. The van der Waals surface area contributed by atoms with Crippen LogP contribution in [0.2, 0.25) is 0 Å². The van der Waals surface area contributed by atoms with E-state index in [9.17, 15) is 34.1 Å². The lowest BCUT2D eigenvalue weighted by atomic mass is 10.1. The van der Waals surface area contributed by atoms with E-state index < -0.39 is 57.6 Å². The third-order valence-electron chi connectivity index (χ3n) is 9.93. The van der Waals surface area contributed by atoms with E-state index in [1.54, 1.807) is 0 Å². The maximum atomic E-state index is 12.4. The number of rotatable bonds is 45. The second-order valence-corrected chi connectivity index (χ2v) is 17.7. The van der Waals surface area contributed by atoms with Gasteiger partial charge in [0.1, 0.15) is 12.7 Å². The Labute approximate surface area is 411 Å². The minimum absolute atomic E-state index is 0.105. The normalized spacial score (nSPS) is 14.6. The molecule has 0 saturated carbocycles. The molecule has 0 aromatic carbocycles. The molecule has 12 heteroatoms. The van der Waals surface area contributed by atoms with Crippen molar-refractivity contribution < 1.29 is 47.8 Å². The number of allylic oxidation sites excluding steroid dienone is 22. The van der Waals surface area contributed by atoms with Crippen molar-refractivity contribution in [2.24, 2.45) is 0 Å². The number of amides is 1. The molecule has 68 heavy (non-hydrogen) atoms. The summed E-state index contributed by atoms with van der Waals surface area (Å²) in [5.41, 5.74) is 0. The number of hydrogen-bond donors (Lipinski definition) is 4. The van der Waals surface area contributed by atoms with Crippen molar-refractivity contribution in [2.45, 2.75) is 180 Å². The number of carboxylic acids is 1. The molecule has 3 unspecified atom stereocenters. The van der Waals surface area contributed by atoms with E-state index in [0.717, 1.165) is 128 Å².